The van der Waals surface area contributed by atoms with Gasteiger partial charge in [-0.05, 0) is 48.1 Å². The molecular weight excluding hydrogens is 320 g/mol. The molecule has 0 atom stereocenters. The summed E-state index contributed by atoms with van der Waals surface area (Å²) in [5.41, 5.74) is 9.14. The highest BCUT2D eigenvalue weighted by molar-refractivity contribution is 7.20. The third-order valence-electron chi connectivity index (χ3n) is 3.73. The minimum Gasteiger partial charge on any atom is -0.365 e. The van der Waals surface area contributed by atoms with Gasteiger partial charge in [-0.1, -0.05) is 17.7 Å². The van der Waals surface area contributed by atoms with E-state index in [1.807, 2.05) is 18.2 Å². The number of hydrogen-bond acceptors (Lipinski definition) is 3. The molecule has 0 spiro atoms. The van der Waals surface area contributed by atoms with Gasteiger partial charge in [0.1, 0.15) is 5.00 Å². The van der Waals surface area contributed by atoms with Crippen LogP contribution in [0, 0.1) is 0 Å². The number of nitrogens with two attached hydrogens (primary N) is 1. The Kier molecular flexibility index (Phi) is 3.93. The number of fused-ring (bicyclic) bond motifs is 3. The van der Waals surface area contributed by atoms with Crippen molar-refractivity contribution in [3.05, 3.63) is 39.9 Å². The van der Waals surface area contributed by atoms with E-state index in [1.165, 1.54) is 23.8 Å². The van der Waals surface area contributed by atoms with Crippen LogP contribution in [0.4, 0.5) is 5.00 Å². The van der Waals surface area contributed by atoms with Crippen molar-refractivity contribution < 1.29 is 9.59 Å². The number of primary amides is 1. The van der Waals surface area contributed by atoms with Crippen molar-refractivity contribution in [3.63, 3.8) is 0 Å². The van der Waals surface area contributed by atoms with Crippen LogP contribution < -0.4 is 11.1 Å². The van der Waals surface area contributed by atoms with Crippen LogP contribution in [0.25, 0.3) is 10.4 Å². The Labute approximate surface area is 137 Å². The van der Waals surface area contributed by atoms with Crippen LogP contribution in [0.15, 0.2) is 18.2 Å². The Bertz CT molecular complexity index is 783. The average Bonchev–Trinajstić information content (AvgIpc) is 2.69. The molecule has 6 heteroatoms. The number of thiophene rings is 1. The van der Waals surface area contributed by atoms with E-state index in [4.69, 9.17) is 17.3 Å². The first-order valence-corrected chi connectivity index (χ1v) is 8.18. The van der Waals surface area contributed by atoms with E-state index < -0.39 is 5.91 Å². The molecule has 0 radical (unpaired) electrons. The molecule has 2 aromatic rings. The Morgan fingerprint density at radius 3 is 2.77 bits per heavy atom. The first-order valence-electron chi connectivity index (χ1n) is 6.99. The monoisotopic (exact) mass is 334 g/mol. The summed E-state index contributed by atoms with van der Waals surface area (Å²) in [6.07, 6.45) is 2.62. The lowest BCUT2D eigenvalue weighted by Gasteiger charge is -2.06. The van der Waals surface area contributed by atoms with Crippen molar-refractivity contribution in [1.82, 2.24) is 0 Å². The molecule has 0 fully saturated rings. The summed E-state index contributed by atoms with van der Waals surface area (Å²) >= 11 is 7.53. The lowest BCUT2D eigenvalue weighted by Crippen LogP contribution is -2.16. The minimum atomic E-state index is -0.508. The zero-order valence-corrected chi connectivity index (χ0v) is 13.6. The maximum Gasteiger partial charge on any atom is 0.252 e. The van der Waals surface area contributed by atoms with Crippen molar-refractivity contribution in [2.24, 2.45) is 5.73 Å². The Balaban J connectivity index is 2.25. The van der Waals surface area contributed by atoms with Crippen molar-refractivity contribution in [3.8, 4) is 10.4 Å². The molecule has 0 unspecified atom stereocenters. The highest BCUT2D eigenvalue weighted by Crippen LogP contribution is 2.44. The third kappa shape index (κ3) is 2.62. The molecule has 1 heterocycles. The largest absolute Gasteiger partial charge is 0.365 e. The summed E-state index contributed by atoms with van der Waals surface area (Å²) in [6.45, 7) is 1.42. The maximum atomic E-state index is 11.9. The van der Waals surface area contributed by atoms with Crippen LogP contribution in [-0.4, -0.2) is 11.8 Å². The molecular formula is C16H15ClN2O2S. The second-order valence-electron chi connectivity index (χ2n) is 5.31. The fourth-order valence-electron chi connectivity index (χ4n) is 2.86. The number of nitrogens with one attached hydrogen (secondary N) is 1. The molecule has 114 valence electrons. The van der Waals surface area contributed by atoms with Crippen molar-refractivity contribution in [2.45, 2.75) is 26.2 Å². The van der Waals surface area contributed by atoms with Crippen LogP contribution in [-0.2, 0) is 17.6 Å². The van der Waals surface area contributed by atoms with Gasteiger partial charge >= 0.3 is 0 Å². The number of aryl methyl sites for hydroxylation is 1. The van der Waals surface area contributed by atoms with Gasteiger partial charge in [0, 0.05) is 16.8 Å². The van der Waals surface area contributed by atoms with Gasteiger partial charge in [0.05, 0.1) is 5.56 Å². The van der Waals surface area contributed by atoms with Crippen LogP contribution in [0.3, 0.4) is 0 Å². The summed E-state index contributed by atoms with van der Waals surface area (Å²) in [6, 6.07) is 5.82. The molecule has 0 saturated heterocycles. The molecule has 1 aromatic carbocycles. The van der Waals surface area contributed by atoms with Crippen molar-refractivity contribution in [2.75, 3.05) is 5.32 Å². The molecule has 1 aliphatic carbocycles. The van der Waals surface area contributed by atoms with E-state index in [9.17, 15) is 9.59 Å². The van der Waals surface area contributed by atoms with Gasteiger partial charge in [0.2, 0.25) is 5.91 Å². The van der Waals surface area contributed by atoms with E-state index in [-0.39, 0.29) is 5.91 Å². The number of rotatable bonds is 2. The summed E-state index contributed by atoms with van der Waals surface area (Å²) in [7, 11) is 0. The summed E-state index contributed by atoms with van der Waals surface area (Å²) < 4.78 is 0. The fraction of sp³-hybridized carbons (Fsp3) is 0.250. The number of hydrogen-bond donors (Lipinski definition) is 2. The second-order valence-corrected chi connectivity index (χ2v) is 6.77. The molecule has 3 rings (SSSR count). The Morgan fingerprint density at radius 1 is 1.32 bits per heavy atom. The van der Waals surface area contributed by atoms with E-state index in [0.717, 1.165) is 35.3 Å². The molecule has 3 N–H and O–H groups in total. The van der Waals surface area contributed by atoms with Gasteiger partial charge in [0.15, 0.2) is 0 Å². The molecule has 0 bridgehead atoms. The normalized spacial score (nSPS) is 13.0. The van der Waals surface area contributed by atoms with E-state index in [1.54, 1.807) is 0 Å². The van der Waals surface area contributed by atoms with Gasteiger partial charge < -0.3 is 11.1 Å². The lowest BCUT2D eigenvalue weighted by molar-refractivity contribution is -0.114. The Hall–Kier alpha value is -1.85. The van der Waals surface area contributed by atoms with Gasteiger partial charge in [-0.25, -0.2) is 0 Å². The molecule has 4 nitrogen and oxygen atoms in total. The molecule has 0 saturated carbocycles. The Morgan fingerprint density at radius 2 is 2.09 bits per heavy atom. The number of carbonyl (C=O) groups is 2. The van der Waals surface area contributed by atoms with E-state index in [0.29, 0.717) is 15.6 Å². The highest BCUT2D eigenvalue weighted by Gasteiger charge is 2.26. The van der Waals surface area contributed by atoms with Crippen LogP contribution in [0.2, 0.25) is 5.02 Å². The number of halogens is 1. The third-order valence-corrected chi connectivity index (χ3v) is 5.15. The first kappa shape index (κ1) is 15.1. The highest BCUT2D eigenvalue weighted by atomic mass is 35.5. The molecule has 1 aromatic heterocycles. The van der Waals surface area contributed by atoms with Crippen molar-refractivity contribution >= 4 is 39.8 Å². The van der Waals surface area contributed by atoms with Crippen molar-refractivity contribution in [1.29, 1.82) is 0 Å². The second kappa shape index (κ2) is 5.74. The smallest absolute Gasteiger partial charge is 0.252 e. The number of carbonyl (C=O) groups excluding carboxylic acids is 2. The molecule has 22 heavy (non-hydrogen) atoms. The SMILES string of the molecule is CC(=O)Nc1sc2c(c1C(N)=O)CCCc1ccc(Cl)cc1-2. The number of anilines is 1. The van der Waals surface area contributed by atoms with Crippen LogP contribution >= 0.6 is 22.9 Å². The molecule has 1 aliphatic rings. The van der Waals surface area contributed by atoms with Gasteiger partial charge in [-0.15, -0.1) is 11.3 Å². The maximum absolute atomic E-state index is 11.9. The zero-order valence-electron chi connectivity index (χ0n) is 12.0. The minimum absolute atomic E-state index is 0.217. The standard InChI is InChI=1S/C16H15ClN2O2S/c1-8(20)19-16-13(15(18)21)11-4-2-3-9-5-6-10(17)7-12(9)14(11)22-16/h5-7H,2-4H2,1H3,(H2,18,21)(H,19,20). The van der Waals surface area contributed by atoms with Crippen LogP contribution in [0.5, 0.6) is 0 Å². The number of benzene rings is 1. The summed E-state index contributed by atoms with van der Waals surface area (Å²) in [4.78, 5) is 24.2. The van der Waals surface area contributed by atoms with E-state index in [2.05, 4.69) is 5.32 Å². The predicted molar refractivity (Wildman–Crippen MR) is 89.6 cm³/mol. The number of amides is 2. The summed E-state index contributed by atoms with van der Waals surface area (Å²) in [5, 5.41) is 3.90. The molecule has 0 aliphatic heterocycles. The molecule has 2 amide bonds. The van der Waals surface area contributed by atoms with Gasteiger partial charge in [-0.3, -0.25) is 9.59 Å². The lowest BCUT2D eigenvalue weighted by atomic mass is 10.0. The van der Waals surface area contributed by atoms with Gasteiger partial charge in [-0.2, -0.15) is 0 Å². The fourth-order valence-corrected chi connectivity index (χ4v) is 4.39. The average molecular weight is 335 g/mol. The van der Waals surface area contributed by atoms with Gasteiger partial charge in [0.25, 0.3) is 5.91 Å². The zero-order chi connectivity index (χ0) is 15.9. The predicted octanol–water partition coefficient (Wildman–Crippen LogP) is 3.61. The van der Waals surface area contributed by atoms with Crippen LogP contribution in [0.1, 0.15) is 34.8 Å². The summed E-state index contributed by atoms with van der Waals surface area (Å²) in [5.74, 6) is -0.725. The topological polar surface area (TPSA) is 72.2 Å². The van der Waals surface area contributed by atoms with E-state index >= 15 is 0 Å². The quantitative estimate of drug-likeness (QED) is 0.880. The first-order chi connectivity index (χ1) is 10.5.